The van der Waals surface area contributed by atoms with Gasteiger partial charge in [-0.3, -0.25) is 0 Å². The van der Waals surface area contributed by atoms with E-state index >= 15 is 0 Å². The van der Waals surface area contributed by atoms with Crippen molar-refractivity contribution in [2.45, 2.75) is 45.4 Å². The first-order valence-electron chi connectivity index (χ1n) is 19.1. The van der Waals surface area contributed by atoms with Gasteiger partial charge >= 0.3 is 23.9 Å². The molecule has 0 bridgehead atoms. The summed E-state index contributed by atoms with van der Waals surface area (Å²) in [4.78, 5) is 55.6. The smallest absolute Gasteiger partial charge is 0.343 e. The average Bonchev–Trinajstić information content (AvgIpc) is 3.22. The number of hydrogen-bond acceptors (Lipinski definition) is 10. The van der Waals surface area contributed by atoms with Gasteiger partial charge in [0, 0.05) is 31.9 Å². The van der Waals surface area contributed by atoms with Crippen molar-refractivity contribution in [1.82, 2.24) is 4.90 Å². The second-order valence-electron chi connectivity index (χ2n) is 13.8. The summed E-state index contributed by atoms with van der Waals surface area (Å²) in [6, 6.07) is 33.0. The molecule has 1 heterocycles. The minimum Gasteiger partial charge on any atom is -0.423 e. The van der Waals surface area contributed by atoms with E-state index in [1.54, 1.807) is 24.3 Å². The molecule has 0 amide bonds. The molecule has 1 aliphatic heterocycles. The fraction of sp³-hybridized carbons (Fsp3) is 0.261. The molecule has 0 aromatic heterocycles. The maximum Gasteiger partial charge on any atom is 0.343 e. The molecule has 288 valence electrons. The van der Waals surface area contributed by atoms with Gasteiger partial charge in [-0.15, -0.1) is 0 Å². The highest BCUT2D eigenvalue weighted by Crippen LogP contribution is 2.23. The van der Waals surface area contributed by atoms with Crippen LogP contribution < -0.4 is 23.8 Å². The maximum atomic E-state index is 12.8. The number of aryl methyl sites for hydroxylation is 1. The average molecular weight is 755 g/mol. The summed E-state index contributed by atoms with van der Waals surface area (Å²) in [5.41, 5.74) is 3.52. The van der Waals surface area contributed by atoms with Crippen LogP contribution in [0.2, 0.25) is 0 Å². The van der Waals surface area contributed by atoms with Gasteiger partial charge in [0.25, 0.3) is 0 Å². The molecule has 10 nitrogen and oxygen atoms in total. The predicted octanol–water partition coefficient (Wildman–Crippen LogP) is 8.83. The number of carbonyl (C=O) groups is 4. The second kappa shape index (κ2) is 19.4. The van der Waals surface area contributed by atoms with Crippen LogP contribution in [0.3, 0.4) is 0 Å². The normalized spacial score (nSPS) is 12.8. The minimum atomic E-state index is -0.627. The Morgan fingerprint density at radius 2 is 0.786 bits per heavy atom. The van der Waals surface area contributed by atoms with E-state index < -0.39 is 23.9 Å². The van der Waals surface area contributed by atoms with Crippen LogP contribution in [-0.4, -0.2) is 62.0 Å². The van der Waals surface area contributed by atoms with E-state index in [1.165, 1.54) is 104 Å². The lowest BCUT2D eigenvalue weighted by Gasteiger charge is -2.34. The Hall–Kier alpha value is -6.26. The number of hydrogen-bond donors (Lipinski definition) is 0. The molecule has 0 unspecified atom stereocenters. The van der Waals surface area contributed by atoms with E-state index in [-0.39, 0.29) is 22.6 Å². The van der Waals surface area contributed by atoms with Crippen molar-refractivity contribution in [2.75, 3.05) is 38.1 Å². The zero-order valence-corrected chi connectivity index (χ0v) is 31.8. The molecule has 10 heteroatoms. The van der Waals surface area contributed by atoms with Gasteiger partial charge in [0.1, 0.15) is 23.0 Å². The molecule has 5 aromatic carbocycles. The molecule has 0 radical (unpaired) electrons. The number of esters is 4. The van der Waals surface area contributed by atoms with Gasteiger partial charge < -0.3 is 28.7 Å². The molecule has 1 aliphatic rings. The van der Waals surface area contributed by atoms with E-state index in [4.69, 9.17) is 18.9 Å². The number of likely N-dealkylation sites (N-methyl/N-ethyl adjacent to an activating group) is 1. The Labute approximate surface area is 327 Å². The quantitative estimate of drug-likeness (QED) is 0.0584. The zero-order valence-electron chi connectivity index (χ0n) is 31.8. The molecule has 0 spiro atoms. The third kappa shape index (κ3) is 11.1. The van der Waals surface area contributed by atoms with Crippen LogP contribution in [0.5, 0.6) is 23.0 Å². The van der Waals surface area contributed by atoms with Crippen molar-refractivity contribution in [3.8, 4) is 23.0 Å². The molecule has 5 aromatic rings. The van der Waals surface area contributed by atoms with E-state index in [0.717, 1.165) is 44.7 Å². The Kier molecular flexibility index (Phi) is 13.6. The van der Waals surface area contributed by atoms with E-state index in [9.17, 15) is 19.2 Å². The largest absolute Gasteiger partial charge is 0.423 e. The van der Waals surface area contributed by atoms with E-state index in [0.29, 0.717) is 22.6 Å². The Morgan fingerprint density at radius 3 is 1.16 bits per heavy atom. The molecule has 56 heavy (non-hydrogen) atoms. The van der Waals surface area contributed by atoms with Crippen molar-refractivity contribution in [3.05, 3.63) is 149 Å². The Balaban J connectivity index is 0.935. The molecule has 0 atom stereocenters. The maximum absolute atomic E-state index is 12.8. The lowest BCUT2D eigenvalue weighted by Crippen LogP contribution is -2.44. The first-order valence-corrected chi connectivity index (χ1v) is 19.1. The number of benzene rings is 5. The highest BCUT2D eigenvalue weighted by molar-refractivity contribution is 5.94. The van der Waals surface area contributed by atoms with E-state index in [1.807, 2.05) is 24.3 Å². The summed E-state index contributed by atoms with van der Waals surface area (Å²) in [5.74, 6) is -1.05. The Morgan fingerprint density at radius 1 is 0.446 bits per heavy atom. The first kappa shape index (κ1) is 39.4. The van der Waals surface area contributed by atoms with Crippen LogP contribution in [0.1, 0.15) is 86.0 Å². The van der Waals surface area contributed by atoms with Gasteiger partial charge in [-0.05, 0) is 135 Å². The van der Waals surface area contributed by atoms with Gasteiger partial charge in [0.05, 0.1) is 22.3 Å². The highest BCUT2D eigenvalue weighted by Gasteiger charge is 2.17. The molecule has 0 aliphatic carbocycles. The van der Waals surface area contributed by atoms with Crippen molar-refractivity contribution >= 4 is 29.6 Å². The van der Waals surface area contributed by atoms with Gasteiger partial charge in [-0.25, -0.2) is 19.2 Å². The van der Waals surface area contributed by atoms with Gasteiger partial charge in [0.2, 0.25) is 0 Å². The van der Waals surface area contributed by atoms with Gasteiger partial charge in [-0.2, -0.15) is 0 Å². The molecule has 1 fully saturated rings. The van der Waals surface area contributed by atoms with Crippen molar-refractivity contribution < 1.29 is 38.1 Å². The van der Waals surface area contributed by atoms with Crippen LogP contribution in [-0.2, 0) is 6.42 Å². The zero-order chi connectivity index (χ0) is 39.3. The molecule has 0 saturated carbocycles. The predicted molar refractivity (Wildman–Crippen MR) is 214 cm³/mol. The Bertz CT molecular complexity index is 2070. The molecular weight excluding hydrogens is 709 g/mol. The number of nitrogens with zero attached hydrogens (tertiary/aromatic N) is 2. The topological polar surface area (TPSA) is 112 Å². The summed E-state index contributed by atoms with van der Waals surface area (Å²) in [5, 5.41) is 0. The minimum absolute atomic E-state index is 0.225. The number of carbonyl (C=O) groups excluding carboxylic acids is 4. The van der Waals surface area contributed by atoms with Gasteiger partial charge in [-0.1, -0.05) is 44.7 Å². The van der Waals surface area contributed by atoms with Crippen LogP contribution in [0.15, 0.2) is 121 Å². The SMILES string of the molecule is CCCCCCCc1ccc(C(=O)Oc2ccc(C(=O)Oc3ccc(C(=O)Oc4ccc(C(=O)Oc5ccc(N6CCN(C)CC6)cc5)cc4)cc3)cc2)cc1. The molecule has 6 rings (SSSR count). The number of piperazine rings is 1. The van der Waals surface area contributed by atoms with Crippen molar-refractivity contribution in [3.63, 3.8) is 0 Å². The molecular formula is C46H46N2O8. The lowest BCUT2D eigenvalue weighted by atomic mass is 10.0. The lowest BCUT2D eigenvalue weighted by molar-refractivity contribution is 0.0722. The number of rotatable bonds is 15. The van der Waals surface area contributed by atoms with Crippen LogP contribution in [0, 0.1) is 0 Å². The first-order chi connectivity index (χ1) is 27.2. The summed E-state index contributed by atoms with van der Waals surface area (Å²) in [7, 11) is 2.11. The van der Waals surface area contributed by atoms with Gasteiger partial charge in [0.15, 0.2) is 0 Å². The van der Waals surface area contributed by atoms with Crippen LogP contribution in [0.4, 0.5) is 5.69 Å². The third-order valence-corrected chi connectivity index (χ3v) is 9.58. The van der Waals surface area contributed by atoms with Crippen LogP contribution in [0.25, 0.3) is 0 Å². The summed E-state index contributed by atoms with van der Waals surface area (Å²) in [6.45, 7) is 6.10. The summed E-state index contributed by atoms with van der Waals surface area (Å²) in [6.07, 6.45) is 7.05. The fourth-order valence-electron chi connectivity index (χ4n) is 6.17. The molecule has 1 saturated heterocycles. The highest BCUT2D eigenvalue weighted by atomic mass is 16.5. The number of unbranched alkanes of at least 4 members (excludes halogenated alkanes) is 4. The monoisotopic (exact) mass is 754 g/mol. The molecule has 0 N–H and O–H groups in total. The second-order valence-corrected chi connectivity index (χ2v) is 13.8. The summed E-state index contributed by atoms with van der Waals surface area (Å²) >= 11 is 0. The summed E-state index contributed by atoms with van der Waals surface area (Å²) < 4.78 is 22.0. The third-order valence-electron chi connectivity index (χ3n) is 9.58. The fourth-order valence-corrected chi connectivity index (χ4v) is 6.17. The number of anilines is 1. The van der Waals surface area contributed by atoms with E-state index in [2.05, 4.69) is 23.8 Å². The van der Waals surface area contributed by atoms with Crippen molar-refractivity contribution in [2.24, 2.45) is 0 Å². The van der Waals surface area contributed by atoms with Crippen molar-refractivity contribution in [1.29, 1.82) is 0 Å². The number of ether oxygens (including phenoxy) is 4. The standard InChI is InChI=1S/C46H46N2O8/c1-3-4-5-6-7-8-33-9-11-34(12-10-33)43(49)53-39-21-13-35(14-22-39)44(50)54-40-23-15-36(16-24-40)45(51)55-41-25-17-37(18-26-41)46(52)56-42-27-19-38(20-28-42)48-31-29-47(2)30-32-48/h9-28H,3-8,29-32H2,1-2H3. The van der Waals surface area contributed by atoms with Crippen LogP contribution >= 0.6 is 0 Å².